The Bertz CT molecular complexity index is 360. The summed E-state index contributed by atoms with van der Waals surface area (Å²) in [6, 6.07) is 0.314. The number of amides is 1. The van der Waals surface area contributed by atoms with Crippen LogP contribution in [0.1, 0.15) is 12.8 Å². The van der Waals surface area contributed by atoms with E-state index in [2.05, 4.69) is 10.3 Å². The number of hydrogen-bond acceptors (Lipinski definition) is 3. The first-order valence-corrected chi connectivity index (χ1v) is 5.14. The van der Waals surface area contributed by atoms with Crippen LogP contribution in [0.2, 0.25) is 0 Å². The van der Waals surface area contributed by atoms with Crippen LogP contribution in [-0.4, -0.2) is 40.0 Å². The number of carbonyl (C=O) groups is 1. The van der Waals surface area contributed by atoms with E-state index in [0.717, 1.165) is 18.9 Å². The number of likely N-dealkylation sites (N-methyl/N-ethyl adjacent to an activating group) is 1. The normalized spacial score (nSPS) is 21.9. The summed E-state index contributed by atoms with van der Waals surface area (Å²) in [7, 11) is 3.79. The van der Waals surface area contributed by atoms with E-state index in [9.17, 15) is 4.79 Å². The summed E-state index contributed by atoms with van der Waals surface area (Å²) in [6.07, 6.45) is 5.18. The largest absolute Gasteiger partial charge is 0.351 e. The Morgan fingerprint density at radius 1 is 1.53 bits per heavy atom. The van der Waals surface area contributed by atoms with Gasteiger partial charge in [0.25, 0.3) is 0 Å². The molecule has 82 valence electrons. The molecular formula is C10H16N4O. The molecule has 1 unspecified atom stereocenters. The molecule has 1 aliphatic heterocycles. The molecule has 0 aliphatic carbocycles. The molecule has 1 aromatic rings. The van der Waals surface area contributed by atoms with Crippen molar-refractivity contribution in [2.75, 3.05) is 18.9 Å². The van der Waals surface area contributed by atoms with Gasteiger partial charge in [0.05, 0.1) is 0 Å². The standard InChI is InChI=1S/C10H16N4O/c1-13-6-5-11-10(13)12-8-3-4-9(15)14(2)7-8/h5-6,8H,3-4,7H2,1-2H3,(H,11,12). The number of carbonyl (C=O) groups excluding carboxylic acids is 1. The molecule has 0 bridgehead atoms. The van der Waals surface area contributed by atoms with Crippen LogP contribution in [0.4, 0.5) is 5.95 Å². The van der Waals surface area contributed by atoms with Crippen molar-refractivity contribution in [2.24, 2.45) is 7.05 Å². The van der Waals surface area contributed by atoms with Crippen molar-refractivity contribution in [1.82, 2.24) is 14.5 Å². The zero-order valence-electron chi connectivity index (χ0n) is 9.10. The Kier molecular flexibility index (Phi) is 2.62. The molecule has 0 saturated carbocycles. The van der Waals surface area contributed by atoms with Crippen molar-refractivity contribution in [2.45, 2.75) is 18.9 Å². The topological polar surface area (TPSA) is 50.2 Å². The van der Waals surface area contributed by atoms with Crippen molar-refractivity contribution in [1.29, 1.82) is 0 Å². The van der Waals surface area contributed by atoms with Crippen LogP contribution in [0, 0.1) is 0 Å². The first kappa shape index (κ1) is 10.0. The van der Waals surface area contributed by atoms with E-state index in [0.29, 0.717) is 12.5 Å². The SMILES string of the molecule is CN1CC(Nc2nccn2C)CCC1=O. The molecule has 1 aliphatic rings. The van der Waals surface area contributed by atoms with E-state index in [1.165, 1.54) is 0 Å². The molecule has 15 heavy (non-hydrogen) atoms. The summed E-state index contributed by atoms with van der Waals surface area (Å²) in [5.41, 5.74) is 0. The van der Waals surface area contributed by atoms with E-state index in [1.54, 1.807) is 11.1 Å². The van der Waals surface area contributed by atoms with Gasteiger partial charge in [-0.15, -0.1) is 0 Å². The average molecular weight is 208 g/mol. The predicted octanol–water partition coefficient (Wildman–Crippen LogP) is 0.453. The number of nitrogens with zero attached hydrogens (tertiary/aromatic N) is 3. The van der Waals surface area contributed by atoms with Crippen LogP contribution in [0.15, 0.2) is 12.4 Å². The zero-order valence-corrected chi connectivity index (χ0v) is 9.10. The summed E-state index contributed by atoms with van der Waals surface area (Å²) in [5, 5.41) is 3.34. The van der Waals surface area contributed by atoms with E-state index in [4.69, 9.17) is 0 Å². The molecule has 5 nitrogen and oxygen atoms in total. The molecule has 0 spiro atoms. The van der Waals surface area contributed by atoms with Crippen LogP contribution in [-0.2, 0) is 11.8 Å². The lowest BCUT2D eigenvalue weighted by atomic mass is 10.1. The van der Waals surface area contributed by atoms with Crippen molar-refractivity contribution >= 4 is 11.9 Å². The van der Waals surface area contributed by atoms with Crippen molar-refractivity contribution in [3.8, 4) is 0 Å². The van der Waals surface area contributed by atoms with Gasteiger partial charge in [-0.1, -0.05) is 0 Å². The third-order valence-electron chi connectivity index (χ3n) is 2.78. The first-order valence-electron chi connectivity index (χ1n) is 5.14. The number of aryl methyl sites for hydroxylation is 1. The number of imidazole rings is 1. The number of hydrogen-bond donors (Lipinski definition) is 1. The Labute approximate surface area is 89.1 Å². The Morgan fingerprint density at radius 3 is 2.93 bits per heavy atom. The molecule has 1 fully saturated rings. The summed E-state index contributed by atoms with van der Waals surface area (Å²) in [5.74, 6) is 1.09. The minimum atomic E-state index is 0.230. The van der Waals surface area contributed by atoms with E-state index < -0.39 is 0 Å². The number of aromatic nitrogens is 2. The van der Waals surface area contributed by atoms with Crippen LogP contribution in [0.3, 0.4) is 0 Å². The van der Waals surface area contributed by atoms with Crippen LogP contribution < -0.4 is 5.32 Å². The van der Waals surface area contributed by atoms with Crippen molar-refractivity contribution in [3.05, 3.63) is 12.4 Å². The van der Waals surface area contributed by atoms with Gasteiger partial charge in [-0.3, -0.25) is 4.79 Å². The van der Waals surface area contributed by atoms with Gasteiger partial charge in [-0.25, -0.2) is 4.98 Å². The van der Waals surface area contributed by atoms with Gasteiger partial charge in [0.2, 0.25) is 11.9 Å². The molecule has 1 amide bonds. The number of piperidine rings is 1. The van der Waals surface area contributed by atoms with Gasteiger partial charge >= 0.3 is 0 Å². The fraction of sp³-hybridized carbons (Fsp3) is 0.600. The summed E-state index contributed by atoms with van der Waals surface area (Å²) < 4.78 is 1.94. The maximum absolute atomic E-state index is 11.3. The quantitative estimate of drug-likeness (QED) is 0.768. The molecular weight excluding hydrogens is 192 g/mol. The van der Waals surface area contributed by atoms with Crippen LogP contribution in [0.5, 0.6) is 0 Å². The first-order chi connectivity index (χ1) is 7.16. The van der Waals surface area contributed by atoms with Crippen LogP contribution in [0.25, 0.3) is 0 Å². The van der Waals surface area contributed by atoms with Gasteiger partial charge in [0, 0.05) is 45.5 Å². The molecule has 2 heterocycles. The maximum Gasteiger partial charge on any atom is 0.222 e. The second-order valence-electron chi connectivity index (χ2n) is 4.02. The number of rotatable bonds is 2. The minimum Gasteiger partial charge on any atom is -0.351 e. The molecule has 1 saturated heterocycles. The predicted molar refractivity (Wildman–Crippen MR) is 57.5 cm³/mol. The molecule has 1 atom stereocenters. The van der Waals surface area contributed by atoms with Crippen molar-refractivity contribution in [3.63, 3.8) is 0 Å². The highest BCUT2D eigenvalue weighted by Gasteiger charge is 2.23. The zero-order chi connectivity index (χ0) is 10.8. The smallest absolute Gasteiger partial charge is 0.222 e. The highest BCUT2D eigenvalue weighted by atomic mass is 16.2. The van der Waals surface area contributed by atoms with E-state index in [1.807, 2.05) is 24.9 Å². The summed E-state index contributed by atoms with van der Waals surface area (Å²) >= 11 is 0. The lowest BCUT2D eigenvalue weighted by molar-refractivity contribution is -0.132. The molecule has 0 aromatic carbocycles. The summed E-state index contributed by atoms with van der Waals surface area (Å²) in [4.78, 5) is 17.3. The second-order valence-corrected chi connectivity index (χ2v) is 4.02. The molecule has 1 N–H and O–H groups in total. The monoisotopic (exact) mass is 208 g/mol. The van der Waals surface area contributed by atoms with Gasteiger partial charge in [-0.2, -0.15) is 0 Å². The minimum absolute atomic E-state index is 0.230. The second kappa shape index (κ2) is 3.92. The highest BCUT2D eigenvalue weighted by molar-refractivity contribution is 5.76. The lowest BCUT2D eigenvalue weighted by Gasteiger charge is -2.30. The molecule has 5 heteroatoms. The maximum atomic E-state index is 11.3. The van der Waals surface area contributed by atoms with Gasteiger partial charge in [-0.05, 0) is 6.42 Å². The third-order valence-corrected chi connectivity index (χ3v) is 2.78. The van der Waals surface area contributed by atoms with Crippen LogP contribution >= 0.6 is 0 Å². The Hall–Kier alpha value is -1.52. The van der Waals surface area contributed by atoms with Gasteiger partial charge < -0.3 is 14.8 Å². The lowest BCUT2D eigenvalue weighted by Crippen LogP contribution is -2.43. The van der Waals surface area contributed by atoms with Gasteiger partial charge in [0.15, 0.2) is 0 Å². The fourth-order valence-corrected chi connectivity index (χ4v) is 1.82. The fourth-order valence-electron chi connectivity index (χ4n) is 1.82. The van der Waals surface area contributed by atoms with E-state index >= 15 is 0 Å². The molecule has 1 aromatic heterocycles. The highest BCUT2D eigenvalue weighted by Crippen LogP contribution is 2.14. The number of nitrogens with one attached hydrogen (secondary N) is 1. The number of anilines is 1. The molecule has 0 radical (unpaired) electrons. The molecule has 2 rings (SSSR count). The van der Waals surface area contributed by atoms with Crippen molar-refractivity contribution < 1.29 is 4.79 Å². The van der Waals surface area contributed by atoms with E-state index in [-0.39, 0.29) is 5.91 Å². The third kappa shape index (κ3) is 2.11. The van der Waals surface area contributed by atoms with Gasteiger partial charge in [0.1, 0.15) is 0 Å². The number of likely N-dealkylation sites (tertiary alicyclic amines) is 1. The summed E-state index contributed by atoms with van der Waals surface area (Å²) in [6.45, 7) is 0.756. The Balaban J connectivity index is 1.96. The Morgan fingerprint density at radius 2 is 2.33 bits per heavy atom. The average Bonchev–Trinajstić information content (AvgIpc) is 2.59.